The monoisotopic (exact) mass is 473 g/mol. The van der Waals surface area contributed by atoms with Crippen LogP contribution in [-0.2, 0) is 0 Å². The largest absolute Gasteiger partial charge is 0.573 e. The van der Waals surface area contributed by atoms with Crippen LogP contribution in [0.5, 0.6) is 17.2 Å². The van der Waals surface area contributed by atoms with E-state index >= 15 is 0 Å². The number of hydrogen-bond donors (Lipinski definition) is 2. The Labute approximate surface area is 184 Å². The Morgan fingerprint density at radius 3 is 2.45 bits per heavy atom. The molecular formula is C20H14Cl2F3N2O4+. The van der Waals surface area contributed by atoms with E-state index in [2.05, 4.69) is 10.1 Å². The minimum absolute atomic E-state index is 0.0118. The molecule has 3 aromatic rings. The Bertz CT molecular complexity index is 1140. The second-order valence-electron chi connectivity index (χ2n) is 6.27. The number of aryl methyl sites for hydroxylation is 1. The molecule has 162 valence electrons. The molecule has 1 heterocycles. The van der Waals surface area contributed by atoms with Crippen molar-refractivity contribution in [2.24, 2.45) is 0 Å². The Hall–Kier alpha value is -3.17. The summed E-state index contributed by atoms with van der Waals surface area (Å²) >= 11 is 12.1. The van der Waals surface area contributed by atoms with Crippen molar-refractivity contribution in [2.75, 3.05) is 5.32 Å². The van der Waals surface area contributed by atoms with Crippen LogP contribution in [0.4, 0.5) is 18.9 Å². The van der Waals surface area contributed by atoms with Gasteiger partial charge in [0.1, 0.15) is 22.9 Å². The van der Waals surface area contributed by atoms with E-state index in [1.54, 1.807) is 6.07 Å². The molecule has 0 bridgehead atoms. The van der Waals surface area contributed by atoms with Crippen LogP contribution in [0.25, 0.3) is 0 Å². The first-order valence-corrected chi connectivity index (χ1v) is 9.32. The predicted octanol–water partition coefficient (Wildman–Crippen LogP) is 5.77. The first kappa shape index (κ1) is 22.5. The Kier molecular flexibility index (Phi) is 6.47. The molecule has 0 unspecified atom stereocenters. The first-order valence-electron chi connectivity index (χ1n) is 8.57. The summed E-state index contributed by atoms with van der Waals surface area (Å²) in [4.78, 5) is 12.8. The fourth-order valence-electron chi connectivity index (χ4n) is 2.58. The van der Waals surface area contributed by atoms with Crippen LogP contribution in [0.3, 0.4) is 0 Å². The van der Waals surface area contributed by atoms with Crippen LogP contribution in [0.15, 0.2) is 54.9 Å². The zero-order valence-corrected chi connectivity index (χ0v) is 17.2. The molecule has 11 heteroatoms. The number of carbonyl (C=O) groups excluding carboxylic acids is 1. The van der Waals surface area contributed by atoms with Gasteiger partial charge in [-0.1, -0.05) is 23.2 Å². The summed E-state index contributed by atoms with van der Waals surface area (Å²) in [6, 6.07) is 9.16. The van der Waals surface area contributed by atoms with Gasteiger partial charge in [0.05, 0.1) is 15.6 Å². The van der Waals surface area contributed by atoms with Crippen molar-refractivity contribution < 1.29 is 37.4 Å². The average molecular weight is 474 g/mol. The third kappa shape index (κ3) is 5.93. The molecule has 1 amide bonds. The minimum Gasteiger partial charge on any atom is -0.456 e. The molecule has 0 saturated heterocycles. The molecule has 0 radical (unpaired) electrons. The lowest BCUT2D eigenvalue weighted by atomic mass is 10.1. The maximum absolute atomic E-state index is 12.8. The van der Waals surface area contributed by atoms with Gasteiger partial charge in [-0.2, -0.15) is 0 Å². The molecule has 0 aliphatic heterocycles. The number of benzene rings is 2. The van der Waals surface area contributed by atoms with Gasteiger partial charge >= 0.3 is 6.36 Å². The maximum atomic E-state index is 12.8. The molecule has 0 aliphatic rings. The van der Waals surface area contributed by atoms with E-state index in [0.717, 1.165) is 16.9 Å². The summed E-state index contributed by atoms with van der Waals surface area (Å²) in [7, 11) is 0. The lowest BCUT2D eigenvalue weighted by Gasteiger charge is -2.15. The molecular weight excluding hydrogens is 460 g/mol. The number of amides is 1. The van der Waals surface area contributed by atoms with Gasteiger partial charge in [-0.3, -0.25) is 10.0 Å². The van der Waals surface area contributed by atoms with Gasteiger partial charge in [0.15, 0.2) is 0 Å². The number of hydrogen-bond acceptors (Lipinski definition) is 4. The van der Waals surface area contributed by atoms with E-state index in [0.29, 0.717) is 5.56 Å². The number of ether oxygens (including phenoxy) is 2. The molecule has 1 aromatic heterocycles. The van der Waals surface area contributed by atoms with Crippen molar-refractivity contribution in [1.29, 1.82) is 0 Å². The van der Waals surface area contributed by atoms with Crippen molar-refractivity contribution in [3.05, 3.63) is 76.0 Å². The summed E-state index contributed by atoms with van der Waals surface area (Å²) in [5, 5.41) is 12.2. The molecule has 0 aliphatic carbocycles. The Morgan fingerprint density at radius 1 is 1.10 bits per heavy atom. The number of aromatic nitrogens is 1. The highest BCUT2D eigenvalue weighted by atomic mass is 35.5. The number of nitrogens with zero attached hydrogens (tertiary/aromatic N) is 1. The van der Waals surface area contributed by atoms with E-state index in [-0.39, 0.29) is 32.8 Å². The van der Waals surface area contributed by atoms with E-state index < -0.39 is 18.0 Å². The highest BCUT2D eigenvalue weighted by Gasteiger charge is 2.31. The third-order valence-corrected chi connectivity index (χ3v) is 4.63. The normalized spacial score (nSPS) is 11.2. The lowest BCUT2D eigenvalue weighted by molar-refractivity contribution is -0.904. The van der Waals surface area contributed by atoms with Crippen LogP contribution >= 0.6 is 23.2 Å². The Balaban J connectivity index is 1.91. The Morgan fingerprint density at radius 2 is 1.81 bits per heavy atom. The predicted molar refractivity (Wildman–Crippen MR) is 106 cm³/mol. The summed E-state index contributed by atoms with van der Waals surface area (Å²) < 4.78 is 47.6. The topological polar surface area (TPSA) is 71.7 Å². The number of nitrogens with one attached hydrogen (secondary N) is 1. The number of halogens is 5. The van der Waals surface area contributed by atoms with Crippen molar-refractivity contribution in [2.45, 2.75) is 13.3 Å². The number of carbonyl (C=O) groups is 1. The molecule has 0 fully saturated rings. The van der Waals surface area contributed by atoms with E-state index in [9.17, 15) is 23.2 Å². The number of rotatable bonds is 5. The first-order chi connectivity index (χ1) is 14.5. The van der Waals surface area contributed by atoms with Crippen molar-refractivity contribution in [3.8, 4) is 17.2 Å². The molecule has 2 aromatic carbocycles. The molecule has 3 rings (SSSR count). The summed E-state index contributed by atoms with van der Waals surface area (Å²) in [6.45, 7) is 1.51. The van der Waals surface area contributed by atoms with Gasteiger partial charge in [-0.05, 0) is 42.8 Å². The zero-order valence-electron chi connectivity index (χ0n) is 15.7. The zero-order chi connectivity index (χ0) is 22.8. The second kappa shape index (κ2) is 8.91. The van der Waals surface area contributed by atoms with Crippen molar-refractivity contribution in [3.63, 3.8) is 0 Å². The molecule has 6 nitrogen and oxygen atoms in total. The molecule has 0 saturated carbocycles. The third-order valence-electron chi connectivity index (χ3n) is 3.91. The smallest absolute Gasteiger partial charge is 0.456 e. The van der Waals surface area contributed by atoms with Gasteiger partial charge in [-0.15, -0.1) is 13.2 Å². The standard InChI is InChI=1S/C20H13Cl2F3N2O4/c1-11-7-13(31-20(23,24)25)4-5-17(11)30-18-9-16(22)15(21)8-14(18)19(28)26-12-3-2-6-27(29)10-12/h2-10H,1H3,(H-,26,28,29)/p+1. The minimum atomic E-state index is -4.83. The highest BCUT2D eigenvalue weighted by molar-refractivity contribution is 6.42. The lowest BCUT2D eigenvalue weighted by Crippen LogP contribution is -2.29. The SMILES string of the molecule is Cc1cc(OC(F)(F)F)ccc1Oc1cc(Cl)c(Cl)cc1C(=O)Nc1ccc[n+](O)c1. The van der Waals surface area contributed by atoms with Crippen LogP contribution in [0, 0.1) is 6.92 Å². The number of pyridine rings is 1. The number of alkyl halides is 3. The van der Waals surface area contributed by atoms with Gasteiger partial charge in [0, 0.05) is 16.9 Å². The summed E-state index contributed by atoms with van der Waals surface area (Å²) in [6.07, 6.45) is -2.20. The summed E-state index contributed by atoms with van der Waals surface area (Å²) in [5.74, 6) is -0.831. The van der Waals surface area contributed by atoms with Crippen molar-refractivity contribution >= 4 is 34.8 Å². The van der Waals surface area contributed by atoms with Crippen LogP contribution in [-0.4, -0.2) is 17.5 Å². The molecule has 0 spiro atoms. The van der Waals surface area contributed by atoms with Gasteiger partial charge in [-0.25, -0.2) is 0 Å². The fourth-order valence-corrected chi connectivity index (χ4v) is 2.90. The van der Waals surface area contributed by atoms with E-state index in [1.807, 2.05) is 0 Å². The number of anilines is 1. The average Bonchev–Trinajstić information content (AvgIpc) is 2.65. The maximum Gasteiger partial charge on any atom is 0.573 e. The van der Waals surface area contributed by atoms with E-state index in [4.69, 9.17) is 27.9 Å². The van der Waals surface area contributed by atoms with Gasteiger partial charge in [0.2, 0.25) is 12.4 Å². The van der Waals surface area contributed by atoms with Crippen LogP contribution < -0.4 is 19.5 Å². The van der Waals surface area contributed by atoms with Crippen LogP contribution in [0.1, 0.15) is 15.9 Å². The quantitative estimate of drug-likeness (QED) is 0.364. The molecule has 31 heavy (non-hydrogen) atoms. The molecule has 2 N–H and O–H groups in total. The van der Waals surface area contributed by atoms with Gasteiger partial charge in [0.25, 0.3) is 5.91 Å². The van der Waals surface area contributed by atoms with E-state index in [1.165, 1.54) is 43.6 Å². The van der Waals surface area contributed by atoms with Gasteiger partial charge < -0.3 is 14.8 Å². The molecule has 0 atom stereocenters. The fraction of sp³-hybridized carbons (Fsp3) is 0.100. The summed E-state index contributed by atoms with van der Waals surface area (Å²) in [5.41, 5.74) is 0.623. The second-order valence-corrected chi connectivity index (χ2v) is 7.08. The van der Waals surface area contributed by atoms with Crippen molar-refractivity contribution in [1.82, 2.24) is 0 Å². The van der Waals surface area contributed by atoms with Crippen LogP contribution in [0.2, 0.25) is 10.0 Å². The highest BCUT2D eigenvalue weighted by Crippen LogP contribution is 2.36.